The lowest BCUT2D eigenvalue weighted by Crippen LogP contribution is -2.30. The summed E-state index contributed by atoms with van der Waals surface area (Å²) in [4.78, 5) is 73.0. The Morgan fingerprint density at radius 2 is 0.455 bits per heavy atom. The first-order valence-corrected chi connectivity index (χ1v) is 45.6. The van der Waals surface area contributed by atoms with Crippen molar-refractivity contribution in [3.05, 3.63) is 0 Å². The van der Waals surface area contributed by atoms with E-state index in [0.29, 0.717) is 25.7 Å². The van der Waals surface area contributed by atoms with Crippen molar-refractivity contribution in [2.24, 2.45) is 5.92 Å². The van der Waals surface area contributed by atoms with Gasteiger partial charge in [0.1, 0.15) is 19.3 Å². The first-order valence-electron chi connectivity index (χ1n) is 42.6. The quantitative estimate of drug-likeness (QED) is 0.0222. The van der Waals surface area contributed by atoms with Crippen molar-refractivity contribution in [2.45, 2.75) is 457 Å². The number of aliphatic hydroxyl groups is 1. The average molecular weight is 1480 g/mol. The standard InChI is InChI=1S/C82H160O17P2/c1-6-9-12-15-18-21-24-26-28-30-31-32-33-35-37-39-42-47-52-57-62-67-81(86)98-77(71-93-80(85)66-61-56-51-46-41-38-36-34-29-27-25-22-19-16-13-10-7-2)73-96-100(88,89)94-69-76(83)70-95-101(90,91)97-74-78(72-92-79(84)65-60-55-50-45-40-23-20-17-14-11-8-3)99-82(87)68-63-58-53-48-43-44-49-54-59-64-75(4)5/h75-78,83H,6-74H2,1-5H3,(H,88,89)(H,90,91)/t76-,77-,78-/m1/s1. The van der Waals surface area contributed by atoms with Crippen molar-refractivity contribution < 1.29 is 80.2 Å². The van der Waals surface area contributed by atoms with E-state index in [1.165, 1.54) is 263 Å². The predicted octanol–water partition coefficient (Wildman–Crippen LogP) is 24.8. The van der Waals surface area contributed by atoms with E-state index >= 15 is 0 Å². The van der Waals surface area contributed by atoms with E-state index in [-0.39, 0.29) is 25.7 Å². The summed E-state index contributed by atoms with van der Waals surface area (Å²) in [6.45, 7) is 7.31. The topological polar surface area (TPSA) is 237 Å². The van der Waals surface area contributed by atoms with Crippen LogP contribution in [0, 0.1) is 5.92 Å². The number of carbonyl (C=O) groups excluding carboxylic acids is 4. The van der Waals surface area contributed by atoms with Crippen molar-refractivity contribution >= 4 is 39.5 Å². The molecule has 0 radical (unpaired) electrons. The Morgan fingerprint density at radius 1 is 0.267 bits per heavy atom. The highest BCUT2D eigenvalue weighted by molar-refractivity contribution is 7.47. The summed E-state index contributed by atoms with van der Waals surface area (Å²) in [6.07, 6.45) is 66.7. The first kappa shape index (κ1) is 99.1. The van der Waals surface area contributed by atoms with Gasteiger partial charge in [0.2, 0.25) is 0 Å². The van der Waals surface area contributed by atoms with E-state index in [4.69, 9.17) is 37.0 Å². The van der Waals surface area contributed by atoms with Crippen LogP contribution in [0.4, 0.5) is 0 Å². The maximum atomic E-state index is 13.1. The van der Waals surface area contributed by atoms with E-state index < -0.39 is 97.5 Å². The van der Waals surface area contributed by atoms with Crippen molar-refractivity contribution in [3.8, 4) is 0 Å². The van der Waals surface area contributed by atoms with Crippen LogP contribution in [0.25, 0.3) is 0 Å². The Morgan fingerprint density at radius 3 is 0.673 bits per heavy atom. The van der Waals surface area contributed by atoms with Crippen LogP contribution >= 0.6 is 15.6 Å². The van der Waals surface area contributed by atoms with E-state index in [1.807, 2.05) is 0 Å². The number of esters is 4. The second-order valence-electron chi connectivity index (χ2n) is 30.0. The lowest BCUT2D eigenvalue weighted by Gasteiger charge is -2.21. The molecule has 0 saturated carbocycles. The van der Waals surface area contributed by atoms with Gasteiger partial charge in [-0.25, -0.2) is 9.13 Å². The summed E-state index contributed by atoms with van der Waals surface area (Å²) in [7, 11) is -9.92. The van der Waals surface area contributed by atoms with E-state index in [2.05, 4.69) is 34.6 Å². The van der Waals surface area contributed by atoms with E-state index in [0.717, 1.165) is 95.8 Å². The SMILES string of the molecule is CCCCCCCCCCCCCCCCCCCCCCCC(=O)O[C@H](COC(=O)CCCCCCCCCCCCCCCCCCC)COP(=O)(O)OC[C@@H](O)COP(=O)(O)OC[C@@H](COC(=O)CCCCCCCCCCCCC)OC(=O)CCCCCCCCCCCC(C)C. The van der Waals surface area contributed by atoms with Crippen LogP contribution in [0.2, 0.25) is 0 Å². The summed E-state index contributed by atoms with van der Waals surface area (Å²) < 4.78 is 68.7. The number of ether oxygens (including phenoxy) is 4. The summed E-state index contributed by atoms with van der Waals surface area (Å²) in [5, 5.41) is 10.6. The molecule has 17 nitrogen and oxygen atoms in total. The minimum atomic E-state index is -4.96. The Hall–Kier alpha value is -1.94. The van der Waals surface area contributed by atoms with Gasteiger partial charge in [0.05, 0.1) is 26.4 Å². The third kappa shape index (κ3) is 76.1. The molecule has 600 valence electrons. The van der Waals surface area contributed by atoms with Gasteiger partial charge >= 0.3 is 39.5 Å². The Kier molecular flexibility index (Phi) is 73.5. The van der Waals surface area contributed by atoms with Crippen LogP contribution < -0.4 is 0 Å². The molecule has 0 rings (SSSR count). The van der Waals surface area contributed by atoms with Crippen LogP contribution in [0.15, 0.2) is 0 Å². The maximum absolute atomic E-state index is 13.1. The summed E-state index contributed by atoms with van der Waals surface area (Å²) in [5.41, 5.74) is 0. The molecule has 0 aliphatic carbocycles. The predicted molar refractivity (Wildman–Crippen MR) is 414 cm³/mol. The van der Waals surface area contributed by atoms with Crippen molar-refractivity contribution in [3.63, 3.8) is 0 Å². The number of rotatable bonds is 82. The molecule has 0 aliphatic rings. The molecule has 0 heterocycles. The fourth-order valence-electron chi connectivity index (χ4n) is 12.8. The number of unbranched alkanes of at least 4 members (excludes halogenated alkanes) is 54. The van der Waals surface area contributed by atoms with Crippen molar-refractivity contribution in [2.75, 3.05) is 39.6 Å². The zero-order chi connectivity index (χ0) is 74.1. The summed E-state index contributed by atoms with van der Waals surface area (Å²) in [5.74, 6) is -1.37. The molecule has 0 fully saturated rings. The smallest absolute Gasteiger partial charge is 0.462 e. The van der Waals surface area contributed by atoms with Crippen LogP contribution in [0.1, 0.15) is 439 Å². The summed E-state index contributed by atoms with van der Waals surface area (Å²) in [6, 6.07) is 0. The number of aliphatic hydroxyl groups excluding tert-OH is 1. The molecule has 0 saturated heterocycles. The maximum Gasteiger partial charge on any atom is 0.472 e. The molecular formula is C82H160O17P2. The molecule has 0 aliphatic heterocycles. The zero-order valence-electron chi connectivity index (χ0n) is 66.1. The van der Waals surface area contributed by atoms with Crippen LogP contribution in [-0.4, -0.2) is 96.7 Å². The molecule has 101 heavy (non-hydrogen) atoms. The van der Waals surface area contributed by atoms with Gasteiger partial charge in [0.15, 0.2) is 12.2 Å². The van der Waals surface area contributed by atoms with Gasteiger partial charge in [-0.3, -0.25) is 37.3 Å². The molecule has 19 heteroatoms. The Bertz CT molecular complexity index is 1930. The molecule has 3 N–H and O–H groups in total. The van der Waals surface area contributed by atoms with Crippen LogP contribution in [0.5, 0.6) is 0 Å². The van der Waals surface area contributed by atoms with Gasteiger partial charge in [0.25, 0.3) is 0 Å². The molecular weight excluding hydrogens is 1320 g/mol. The Labute approximate surface area is 619 Å². The largest absolute Gasteiger partial charge is 0.472 e. The number of hydrogen-bond donors (Lipinski definition) is 3. The molecule has 0 amide bonds. The highest BCUT2D eigenvalue weighted by Crippen LogP contribution is 2.45. The second kappa shape index (κ2) is 74.9. The molecule has 2 unspecified atom stereocenters. The van der Waals surface area contributed by atoms with E-state index in [9.17, 15) is 43.2 Å². The van der Waals surface area contributed by atoms with Crippen LogP contribution in [-0.2, 0) is 65.4 Å². The fraction of sp³-hybridized carbons (Fsp3) is 0.951. The van der Waals surface area contributed by atoms with Gasteiger partial charge < -0.3 is 33.8 Å². The summed E-state index contributed by atoms with van der Waals surface area (Å²) >= 11 is 0. The second-order valence-corrected chi connectivity index (χ2v) is 32.9. The third-order valence-corrected chi connectivity index (χ3v) is 21.2. The number of hydrogen-bond acceptors (Lipinski definition) is 15. The Balaban J connectivity index is 5.22. The highest BCUT2D eigenvalue weighted by atomic mass is 31.2. The van der Waals surface area contributed by atoms with E-state index in [1.54, 1.807) is 0 Å². The molecule has 0 bridgehead atoms. The van der Waals surface area contributed by atoms with Gasteiger partial charge in [-0.05, 0) is 31.6 Å². The van der Waals surface area contributed by atoms with Gasteiger partial charge in [0, 0.05) is 25.7 Å². The minimum absolute atomic E-state index is 0.106. The normalized spacial score (nSPS) is 13.8. The lowest BCUT2D eigenvalue weighted by molar-refractivity contribution is -0.161. The number of carbonyl (C=O) groups is 4. The fourth-order valence-corrected chi connectivity index (χ4v) is 14.3. The lowest BCUT2D eigenvalue weighted by atomic mass is 10.0. The molecule has 0 spiro atoms. The number of phosphoric acid groups is 2. The molecule has 0 aromatic carbocycles. The van der Waals surface area contributed by atoms with Crippen molar-refractivity contribution in [1.29, 1.82) is 0 Å². The average Bonchev–Trinajstić information content (AvgIpc) is 0.999. The molecule has 0 aromatic rings. The first-order chi connectivity index (χ1) is 49.0. The number of phosphoric ester groups is 2. The van der Waals surface area contributed by atoms with Gasteiger partial charge in [-0.2, -0.15) is 0 Å². The van der Waals surface area contributed by atoms with Gasteiger partial charge in [-0.15, -0.1) is 0 Å². The molecule has 5 atom stereocenters. The minimum Gasteiger partial charge on any atom is -0.462 e. The monoisotopic (exact) mass is 1480 g/mol. The van der Waals surface area contributed by atoms with Crippen molar-refractivity contribution in [1.82, 2.24) is 0 Å². The zero-order valence-corrected chi connectivity index (χ0v) is 67.8. The van der Waals surface area contributed by atoms with Gasteiger partial charge in [-0.1, -0.05) is 388 Å². The third-order valence-electron chi connectivity index (χ3n) is 19.3. The highest BCUT2D eigenvalue weighted by Gasteiger charge is 2.30. The van der Waals surface area contributed by atoms with Crippen LogP contribution in [0.3, 0.4) is 0 Å². The molecule has 0 aromatic heterocycles.